The Balaban J connectivity index is 1.63. The zero-order chi connectivity index (χ0) is 19.9. The van der Waals surface area contributed by atoms with Gasteiger partial charge in [0, 0.05) is 17.8 Å². The third kappa shape index (κ3) is 4.97. The topological polar surface area (TPSA) is 95.5 Å². The van der Waals surface area contributed by atoms with Gasteiger partial charge in [-0.15, -0.1) is 0 Å². The number of nitrogens with one attached hydrogen (secondary N) is 2. The quantitative estimate of drug-likeness (QED) is 0.715. The van der Waals surface area contributed by atoms with Gasteiger partial charge in [0.1, 0.15) is 0 Å². The van der Waals surface area contributed by atoms with Crippen LogP contribution in [0.1, 0.15) is 41.6 Å². The van der Waals surface area contributed by atoms with E-state index in [-0.39, 0.29) is 11.8 Å². The third-order valence-electron chi connectivity index (χ3n) is 5.11. The molecule has 2 aromatic carbocycles. The average molecular weight is 380 g/mol. The first-order valence-electron chi connectivity index (χ1n) is 9.50. The highest BCUT2D eigenvalue weighted by Gasteiger charge is 2.35. The lowest BCUT2D eigenvalue weighted by Gasteiger charge is -2.27. The van der Waals surface area contributed by atoms with Gasteiger partial charge in [-0.25, -0.2) is 0 Å². The maximum absolute atomic E-state index is 12.6. The molecule has 1 saturated carbocycles. The molecule has 2 unspecified atom stereocenters. The number of carboxylic acids is 1. The molecule has 0 aliphatic heterocycles. The molecule has 6 heteroatoms. The van der Waals surface area contributed by atoms with Crippen LogP contribution in [-0.4, -0.2) is 22.9 Å². The SMILES string of the molecule is O=C(NCc1ccccc1)c1cccc(NC(=O)C2CCCCC2C(=O)O)c1. The van der Waals surface area contributed by atoms with Crippen LogP contribution in [0.5, 0.6) is 0 Å². The molecule has 3 N–H and O–H groups in total. The highest BCUT2D eigenvalue weighted by Crippen LogP contribution is 2.31. The number of rotatable bonds is 6. The van der Waals surface area contributed by atoms with Crippen LogP contribution < -0.4 is 10.6 Å². The number of carboxylic acid groups (broad SMARTS) is 1. The van der Waals surface area contributed by atoms with Crippen LogP contribution in [0.4, 0.5) is 5.69 Å². The van der Waals surface area contributed by atoms with Crippen LogP contribution in [-0.2, 0) is 16.1 Å². The molecule has 2 aromatic rings. The lowest BCUT2D eigenvalue weighted by Crippen LogP contribution is -2.36. The molecule has 146 valence electrons. The van der Waals surface area contributed by atoms with Gasteiger partial charge >= 0.3 is 5.97 Å². The summed E-state index contributed by atoms with van der Waals surface area (Å²) in [5, 5.41) is 15.0. The first kappa shape index (κ1) is 19.6. The van der Waals surface area contributed by atoms with Crippen molar-refractivity contribution in [3.05, 3.63) is 65.7 Å². The number of amides is 2. The van der Waals surface area contributed by atoms with Crippen molar-refractivity contribution in [1.29, 1.82) is 0 Å². The standard InChI is InChI=1S/C22H24N2O4/c25-20(23-14-15-7-2-1-3-8-15)16-9-6-10-17(13-16)24-21(26)18-11-4-5-12-19(18)22(27)28/h1-3,6-10,13,18-19H,4-5,11-12,14H2,(H,23,25)(H,24,26)(H,27,28). The fourth-order valence-electron chi connectivity index (χ4n) is 3.59. The fraction of sp³-hybridized carbons (Fsp3) is 0.318. The molecular formula is C22H24N2O4. The smallest absolute Gasteiger partial charge is 0.307 e. The first-order valence-corrected chi connectivity index (χ1v) is 9.50. The maximum atomic E-state index is 12.6. The van der Waals surface area contributed by atoms with Crippen molar-refractivity contribution in [2.45, 2.75) is 32.2 Å². The number of hydrogen-bond acceptors (Lipinski definition) is 3. The summed E-state index contributed by atoms with van der Waals surface area (Å²) in [7, 11) is 0. The van der Waals surface area contributed by atoms with Crippen molar-refractivity contribution in [1.82, 2.24) is 5.32 Å². The Morgan fingerprint density at radius 1 is 0.929 bits per heavy atom. The second-order valence-corrected chi connectivity index (χ2v) is 7.07. The normalized spacial score (nSPS) is 18.9. The fourth-order valence-corrected chi connectivity index (χ4v) is 3.59. The Bertz CT molecular complexity index is 851. The Labute approximate surface area is 164 Å². The van der Waals surface area contributed by atoms with Crippen LogP contribution in [0, 0.1) is 11.8 Å². The molecule has 28 heavy (non-hydrogen) atoms. The van der Waals surface area contributed by atoms with Gasteiger partial charge in [-0.1, -0.05) is 49.2 Å². The van der Waals surface area contributed by atoms with Gasteiger partial charge < -0.3 is 15.7 Å². The second-order valence-electron chi connectivity index (χ2n) is 7.07. The maximum Gasteiger partial charge on any atom is 0.307 e. The molecule has 2 atom stereocenters. The highest BCUT2D eigenvalue weighted by molar-refractivity contribution is 5.98. The van der Waals surface area contributed by atoms with E-state index < -0.39 is 17.8 Å². The molecule has 0 saturated heterocycles. The van der Waals surface area contributed by atoms with E-state index in [4.69, 9.17) is 0 Å². The van der Waals surface area contributed by atoms with E-state index in [0.29, 0.717) is 30.6 Å². The molecule has 0 spiro atoms. The van der Waals surface area contributed by atoms with Crippen LogP contribution in [0.3, 0.4) is 0 Å². The van der Waals surface area contributed by atoms with E-state index >= 15 is 0 Å². The van der Waals surface area contributed by atoms with E-state index in [1.54, 1.807) is 24.3 Å². The summed E-state index contributed by atoms with van der Waals surface area (Å²) in [6.07, 6.45) is 2.77. The minimum absolute atomic E-state index is 0.235. The van der Waals surface area contributed by atoms with Crippen LogP contribution in [0.15, 0.2) is 54.6 Å². The lowest BCUT2D eigenvalue weighted by atomic mass is 9.78. The van der Waals surface area contributed by atoms with E-state index in [9.17, 15) is 19.5 Å². The predicted molar refractivity (Wildman–Crippen MR) is 106 cm³/mol. The number of benzene rings is 2. The van der Waals surface area contributed by atoms with Gasteiger partial charge in [0.05, 0.1) is 11.8 Å². The first-order chi connectivity index (χ1) is 13.5. The summed E-state index contributed by atoms with van der Waals surface area (Å²) in [6.45, 7) is 0.415. The Kier molecular flexibility index (Phi) is 6.42. The monoisotopic (exact) mass is 380 g/mol. The van der Waals surface area contributed by atoms with Gasteiger partial charge in [0.2, 0.25) is 5.91 Å². The summed E-state index contributed by atoms with van der Waals surface area (Å²) < 4.78 is 0. The van der Waals surface area contributed by atoms with E-state index in [1.807, 2.05) is 30.3 Å². The number of hydrogen-bond donors (Lipinski definition) is 3. The summed E-state index contributed by atoms with van der Waals surface area (Å²) in [5.74, 6) is -2.64. The van der Waals surface area contributed by atoms with Crippen molar-refractivity contribution in [3.8, 4) is 0 Å². The molecule has 0 aromatic heterocycles. The Hall–Kier alpha value is -3.15. The average Bonchev–Trinajstić information content (AvgIpc) is 2.73. The van der Waals surface area contributed by atoms with E-state index in [1.165, 1.54) is 0 Å². The number of carbonyl (C=O) groups excluding carboxylic acids is 2. The van der Waals surface area contributed by atoms with Crippen molar-refractivity contribution in [2.24, 2.45) is 11.8 Å². The van der Waals surface area contributed by atoms with Gasteiger partial charge in [-0.3, -0.25) is 14.4 Å². The van der Waals surface area contributed by atoms with Crippen molar-refractivity contribution in [2.75, 3.05) is 5.32 Å². The molecule has 1 aliphatic rings. The van der Waals surface area contributed by atoms with Crippen molar-refractivity contribution in [3.63, 3.8) is 0 Å². The van der Waals surface area contributed by atoms with Crippen LogP contribution in [0.2, 0.25) is 0 Å². The summed E-state index contributed by atoms with van der Waals surface area (Å²) in [6, 6.07) is 16.3. The predicted octanol–water partition coefficient (Wildman–Crippen LogP) is 3.45. The Morgan fingerprint density at radius 2 is 1.64 bits per heavy atom. The number of anilines is 1. The number of aliphatic carboxylic acids is 1. The zero-order valence-corrected chi connectivity index (χ0v) is 15.6. The Morgan fingerprint density at radius 3 is 2.36 bits per heavy atom. The molecule has 0 heterocycles. The highest BCUT2D eigenvalue weighted by atomic mass is 16.4. The van der Waals surface area contributed by atoms with E-state index in [2.05, 4.69) is 10.6 Å². The number of carbonyl (C=O) groups is 3. The molecule has 3 rings (SSSR count). The lowest BCUT2D eigenvalue weighted by molar-refractivity contribution is -0.147. The summed E-state index contributed by atoms with van der Waals surface area (Å²) in [5.41, 5.74) is 1.93. The molecular weight excluding hydrogens is 356 g/mol. The van der Waals surface area contributed by atoms with Gasteiger partial charge in [-0.2, -0.15) is 0 Å². The van der Waals surface area contributed by atoms with Crippen LogP contribution >= 0.6 is 0 Å². The molecule has 0 radical (unpaired) electrons. The van der Waals surface area contributed by atoms with Gasteiger partial charge in [0.15, 0.2) is 0 Å². The van der Waals surface area contributed by atoms with Crippen LogP contribution in [0.25, 0.3) is 0 Å². The molecule has 6 nitrogen and oxygen atoms in total. The zero-order valence-electron chi connectivity index (χ0n) is 15.6. The minimum atomic E-state index is -0.922. The van der Waals surface area contributed by atoms with E-state index in [0.717, 1.165) is 18.4 Å². The molecule has 0 bridgehead atoms. The summed E-state index contributed by atoms with van der Waals surface area (Å²) >= 11 is 0. The minimum Gasteiger partial charge on any atom is -0.481 e. The molecule has 1 fully saturated rings. The van der Waals surface area contributed by atoms with Gasteiger partial charge in [-0.05, 0) is 36.6 Å². The van der Waals surface area contributed by atoms with Crippen molar-refractivity contribution < 1.29 is 19.5 Å². The second kappa shape index (κ2) is 9.17. The molecule has 2 amide bonds. The third-order valence-corrected chi connectivity index (χ3v) is 5.11. The van der Waals surface area contributed by atoms with Gasteiger partial charge in [0.25, 0.3) is 5.91 Å². The van der Waals surface area contributed by atoms with Crippen molar-refractivity contribution >= 4 is 23.5 Å². The molecule has 1 aliphatic carbocycles. The largest absolute Gasteiger partial charge is 0.481 e. The summed E-state index contributed by atoms with van der Waals surface area (Å²) in [4.78, 5) is 36.4.